The van der Waals surface area contributed by atoms with E-state index < -0.39 is 14.0 Å². The van der Waals surface area contributed by atoms with Crippen molar-refractivity contribution in [2.24, 2.45) is 0 Å². The second-order valence-corrected chi connectivity index (χ2v) is 5.28. The van der Waals surface area contributed by atoms with E-state index >= 15 is 0 Å². The summed E-state index contributed by atoms with van der Waals surface area (Å²) >= 11 is 31.9. The predicted molar refractivity (Wildman–Crippen MR) is 52.6 cm³/mol. The molecule has 0 heterocycles. The first-order chi connectivity index (χ1) is 3.85. The quantitative estimate of drug-likeness (QED) is 0.501. The third-order valence-electron chi connectivity index (χ3n) is 0.534. The van der Waals surface area contributed by atoms with Crippen molar-refractivity contribution in [3.63, 3.8) is 0 Å². The Labute approximate surface area is 102 Å². The van der Waals surface area contributed by atoms with Crippen molar-refractivity contribution in [2.75, 3.05) is 0 Å². The van der Waals surface area contributed by atoms with Gasteiger partial charge in [0.2, 0.25) is 3.79 Å². The van der Waals surface area contributed by atoms with E-state index in [1.807, 2.05) is 0 Å². The maximum absolute atomic E-state index is 5.43. The summed E-state index contributed by atoms with van der Waals surface area (Å²) in [6, 6.07) is 0. The van der Waals surface area contributed by atoms with Gasteiger partial charge in [0.1, 0.15) is 10.2 Å². The Morgan fingerprint density at radius 1 is 0.900 bits per heavy atom. The second kappa shape index (κ2) is 5.89. The van der Waals surface area contributed by atoms with Crippen LogP contribution in [0.5, 0.6) is 0 Å². The fourth-order valence-electron chi connectivity index (χ4n) is 0.143. The predicted octanol–water partition coefficient (Wildman–Crippen LogP) is 3.12. The van der Waals surface area contributed by atoms with E-state index in [0.29, 0.717) is 0 Å². The van der Waals surface area contributed by atoms with E-state index in [9.17, 15) is 0 Å². The van der Waals surface area contributed by atoms with Crippen LogP contribution in [0.25, 0.3) is 0 Å². The van der Waals surface area contributed by atoms with E-state index in [4.69, 9.17) is 69.6 Å². The average molecular weight is 259 g/mol. The van der Waals surface area contributed by atoms with Crippen LogP contribution in [0.2, 0.25) is 0 Å². The Morgan fingerprint density at radius 3 is 1.20 bits per heavy atom. The summed E-state index contributed by atoms with van der Waals surface area (Å²) in [5.41, 5.74) is 0. The SMILES string of the molecule is ClC(Cl)C(Cl)C(Cl)(Cl)Cl.[LiH]. The van der Waals surface area contributed by atoms with Crippen molar-refractivity contribution in [2.45, 2.75) is 14.0 Å². The van der Waals surface area contributed by atoms with E-state index in [-0.39, 0.29) is 18.9 Å². The Kier molecular flexibility index (Phi) is 8.75. The summed E-state index contributed by atoms with van der Waals surface area (Å²) in [5.74, 6) is 0. The molecule has 0 bridgehead atoms. The molecule has 0 radical (unpaired) electrons. The number of alkyl halides is 6. The molecule has 0 aliphatic heterocycles. The monoisotopic (exact) mass is 256 g/mol. The second-order valence-electron chi connectivity index (χ2n) is 1.28. The van der Waals surface area contributed by atoms with Crippen LogP contribution < -0.4 is 0 Å². The number of halogens is 6. The summed E-state index contributed by atoms with van der Waals surface area (Å²) in [5, 5.41) is -0.883. The van der Waals surface area contributed by atoms with Gasteiger partial charge in [0.05, 0.1) is 0 Å². The summed E-state index contributed by atoms with van der Waals surface area (Å²) < 4.78 is -1.60. The van der Waals surface area contributed by atoms with Gasteiger partial charge in [0.15, 0.2) is 0 Å². The molecule has 0 spiro atoms. The zero-order chi connectivity index (χ0) is 7.65. The molecule has 0 N–H and O–H groups in total. The molecule has 0 nitrogen and oxygen atoms in total. The molecule has 0 aliphatic carbocycles. The standard InChI is InChI=1S/C3H2Cl6.Li.H/c4-1(2(5)6)3(7,8)9;;/h1-2H;;. The summed E-state index contributed by atoms with van der Waals surface area (Å²) in [7, 11) is 0. The molecule has 0 aromatic carbocycles. The molecular formula is C3H3Cl6Li. The topological polar surface area (TPSA) is 0 Å². The fourth-order valence-corrected chi connectivity index (χ4v) is 1.29. The van der Waals surface area contributed by atoms with Crippen LogP contribution in [0.1, 0.15) is 0 Å². The van der Waals surface area contributed by atoms with Crippen LogP contribution in [0, 0.1) is 0 Å². The van der Waals surface area contributed by atoms with Crippen LogP contribution in [0.3, 0.4) is 0 Å². The molecule has 0 rings (SSSR count). The molecule has 58 valence electrons. The molecule has 0 fully saturated rings. The van der Waals surface area contributed by atoms with Gasteiger partial charge in [0.25, 0.3) is 0 Å². The minimum absolute atomic E-state index is 0. The maximum atomic E-state index is 5.43. The summed E-state index contributed by atoms with van der Waals surface area (Å²) in [6.07, 6.45) is 0. The van der Waals surface area contributed by atoms with Crippen molar-refractivity contribution in [1.82, 2.24) is 0 Å². The van der Waals surface area contributed by atoms with Gasteiger partial charge in [-0.05, 0) is 0 Å². The van der Waals surface area contributed by atoms with Crippen molar-refractivity contribution >= 4 is 88.5 Å². The van der Waals surface area contributed by atoms with Crippen LogP contribution in [-0.2, 0) is 0 Å². The van der Waals surface area contributed by atoms with E-state index in [1.165, 1.54) is 0 Å². The zero-order valence-electron chi connectivity index (χ0n) is 3.92. The van der Waals surface area contributed by atoms with E-state index in [0.717, 1.165) is 0 Å². The van der Waals surface area contributed by atoms with Crippen LogP contribution >= 0.6 is 69.6 Å². The minimum atomic E-state index is -1.60. The molecule has 0 aromatic rings. The first-order valence-corrected chi connectivity index (χ1v) is 4.29. The Balaban J connectivity index is 0. The van der Waals surface area contributed by atoms with Gasteiger partial charge in [-0.2, -0.15) is 0 Å². The first kappa shape index (κ1) is 14.8. The fraction of sp³-hybridized carbons (Fsp3) is 1.00. The zero-order valence-corrected chi connectivity index (χ0v) is 8.46. The number of hydrogen-bond acceptors (Lipinski definition) is 0. The van der Waals surface area contributed by atoms with Crippen LogP contribution in [0.4, 0.5) is 0 Å². The van der Waals surface area contributed by atoms with E-state index in [1.54, 1.807) is 0 Å². The van der Waals surface area contributed by atoms with Gasteiger partial charge in [0, 0.05) is 0 Å². The molecule has 0 amide bonds. The molecule has 1 atom stereocenters. The molecular weight excluding hydrogens is 256 g/mol. The van der Waals surface area contributed by atoms with Gasteiger partial charge in [-0.15, -0.1) is 34.8 Å². The molecule has 1 unspecified atom stereocenters. The molecule has 0 saturated heterocycles. The Hall–Kier alpha value is 2.34. The van der Waals surface area contributed by atoms with Crippen LogP contribution in [0.15, 0.2) is 0 Å². The van der Waals surface area contributed by atoms with Crippen molar-refractivity contribution in [3.05, 3.63) is 0 Å². The van der Waals surface area contributed by atoms with Crippen molar-refractivity contribution in [1.29, 1.82) is 0 Å². The van der Waals surface area contributed by atoms with Crippen molar-refractivity contribution in [3.8, 4) is 0 Å². The third-order valence-corrected chi connectivity index (χ3v) is 2.92. The molecule has 0 saturated carbocycles. The Morgan fingerprint density at radius 2 is 1.20 bits per heavy atom. The molecule has 0 aliphatic rings. The van der Waals surface area contributed by atoms with Gasteiger partial charge in [-0.25, -0.2) is 0 Å². The first-order valence-electron chi connectivity index (χ1n) is 1.84. The third kappa shape index (κ3) is 5.92. The molecule has 0 aromatic heterocycles. The number of hydrogen-bond donors (Lipinski definition) is 0. The molecule has 10 heavy (non-hydrogen) atoms. The average Bonchev–Trinajstić information content (AvgIpc) is 1.62. The van der Waals surface area contributed by atoms with Crippen LogP contribution in [-0.4, -0.2) is 32.9 Å². The van der Waals surface area contributed by atoms with Gasteiger partial charge in [-0.1, -0.05) is 34.8 Å². The summed E-state index contributed by atoms with van der Waals surface area (Å²) in [4.78, 5) is -0.876. The van der Waals surface area contributed by atoms with Gasteiger partial charge in [-0.3, -0.25) is 0 Å². The Bertz CT molecular complexity index is 87.5. The van der Waals surface area contributed by atoms with Gasteiger partial charge >= 0.3 is 18.9 Å². The van der Waals surface area contributed by atoms with Crippen molar-refractivity contribution < 1.29 is 0 Å². The van der Waals surface area contributed by atoms with E-state index in [2.05, 4.69) is 0 Å². The normalized spacial score (nSPS) is 14.7. The van der Waals surface area contributed by atoms with Gasteiger partial charge < -0.3 is 0 Å². The molecule has 7 heteroatoms. The number of rotatable bonds is 1. The summed E-state index contributed by atoms with van der Waals surface area (Å²) in [6.45, 7) is 0.